The van der Waals surface area contributed by atoms with Gasteiger partial charge in [0.15, 0.2) is 0 Å². The number of hydrogen-bond acceptors (Lipinski definition) is 3. The average molecular weight is 341 g/mol. The van der Waals surface area contributed by atoms with E-state index in [1.54, 1.807) is 0 Å². The fourth-order valence-corrected chi connectivity index (χ4v) is 3.27. The van der Waals surface area contributed by atoms with Crippen molar-refractivity contribution in [3.8, 4) is 0 Å². The first kappa shape index (κ1) is 17.5. The lowest BCUT2D eigenvalue weighted by Crippen LogP contribution is -2.34. The van der Waals surface area contributed by atoms with E-state index >= 15 is 0 Å². The predicted octanol–water partition coefficient (Wildman–Crippen LogP) is 2.86. The van der Waals surface area contributed by atoms with Crippen LogP contribution in [0, 0.1) is 12.8 Å². The van der Waals surface area contributed by atoms with Crippen LogP contribution in [0.4, 0.5) is 10.5 Å². The first-order valence-corrected chi connectivity index (χ1v) is 8.99. The predicted molar refractivity (Wildman–Crippen MR) is 99.5 cm³/mol. The maximum Gasteiger partial charge on any atom is 0.319 e. The zero-order valence-electron chi connectivity index (χ0n) is 15.0. The second kappa shape index (κ2) is 8.16. The normalized spacial score (nSPS) is 17.6. The number of aryl methyl sites for hydroxylation is 2. The Morgan fingerprint density at radius 3 is 2.84 bits per heavy atom. The first-order valence-electron chi connectivity index (χ1n) is 8.99. The number of urea groups is 1. The number of benzene rings is 1. The molecule has 6 nitrogen and oxygen atoms in total. The Morgan fingerprint density at radius 2 is 2.12 bits per heavy atom. The lowest BCUT2D eigenvalue weighted by molar-refractivity contribution is 0.249. The molecule has 0 saturated carbocycles. The molecule has 25 heavy (non-hydrogen) atoms. The van der Waals surface area contributed by atoms with E-state index in [4.69, 9.17) is 0 Å². The molecule has 1 fully saturated rings. The highest BCUT2D eigenvalue weighted by atomic mass is 16.2. The van der Waals surface area contributed by atoms with Gasteiger partial charge in [-0.2, -0.15) is 5.10 Å². The summed E-state index contributed by atoms with van der Waals surface area (Å²) in [7, 11) is 0. The molecule has 2 heterocycles. The Balaban J connectivity index is 1.41. The van der Waals surface area contributed by atoms with Gasteiger partial charge in [0.25, 0.3) is 0 Å². The van der Waals surface area contributed by atoms with E-state index in [1.165, 1.54) is 5.56 Å². The summed E-state index contributed by atoms with van der Waals surface area (Å²) in [6.45, 7) is 8.53. The molecule has 2 N–H and O–H groups in total. The molecule has 6 heteroatoms. The molecule has 134 valence electrons. The van der Waals surface area contributed by atoms with Crippen LogP contribution >= 0.6 is 0 Å². The number of hydrogen-bond donors (Lipinski definition) is 2. The fourth-order valence-electron chi connectivity index (χ4n) is 3.27. The minimum absolute atomic E-state index is 0.153. The fraction of sp³-hybridized carbons (Fsp3) is 0.474. The Morgan fingerprint density at radius 1 is 1.32 bits per heavy atom. The van der Waals surface area contributed by atoms with Gasteiger partial charge in [-0.3, -0.25) is 9.58 Å². The summed E-state index contributed by atoms with van der Waals surface area (Å²) in [6, 6.07) is 10.4. The highest BCUT2D eigenvalue weighted by Gasteiger charge is 2.22. The van der Waals surface area contributed by atoms with E-state index in [2.05, 4.69) is 44.9 Å². The molecule has 0 aliphatic carbocycles. The average Bonchev–Trinajstić information content (AvgIpc) is 3.20. The second-order valence-corrected chi connectivity index (χ2v) is 6.69. The molecule has 1 aliphatic rings. The number of carbonyl (C=O) groups excluding carboxylic acids is 1. The summed E-state index contributed by atoms with van der Waals surface area (Å²) >= 11 is 0. The van der Waals surface area contributed by atoms with Crippen LogP contribution in [0.1, 0.15) is 24.6 Å². The van der Waals surface area contributed by atoms with Gasteiger partial charge in [0.1, 0.15) is 0 Å². The SMILES string of the molecule is CCn1cc(NC(=O)NCC2CCN(Cc3ccccc3)C2)c(C)n1. The van der Waals surface area contributed by atoms with Gasteiger partial charge in [-0.25, -0.2) is 4.79 Å². The number of amides is 2. The summed E-state index contributed by atoms with van der Waals surface area (Å²) in [5.41, 5.74) is 2.96. The number of rotatable bonds is 6. The zero-order chi connectivity index (χ0) is 17.6. The number of aromatic nitrogens is 2. The summed E-state index contributed by atoms with van der Waals surface area (Å²) < 4.78 is 1.82. The van der Waals surface area contributed by atoms with Crippen molar-refractivity contribution in [1.82, 2.24) is 20.0 Å². The third kappa shape index (κ3) is 4.82. The molecule has 1 aromatic carbocycles. The van der Waals surface area contributed by atoms with Crippen molar-refractivity contribution in [2.75, 3.05) is 25.0 Å². The first-order chi connectivity index (χ1) is 12.1. The highest BCUT2D eigenvalue weighted by molar-refractivity contribution is 5.89. The van der Waals surface area contributed by atoms with Gasteiger partial charge in [-0.15, -0.1) is 0 Å². The zero-order valence-corrected chi connectivity index (χ0v) is 15.0. The lowest BCUT2D eigenvalue weighted by Gasteiger charge is -2.16. The minimum Gasteiger partial charge on any atom is -0.338 e. The van der Waals surface area contributed by atoms with Gasteiger partial charge in [0, 0.05) is 32.4 Å². The van der Waals surface area contributed by atoms with E-state index in [1.807, 2.05) is 30.8 Å². The van der Waals surface area contributed by atoms with Crippen molar-refractivity contribution in [2.24, 2.45) is 5.92 Å². The van der Waals surface area contributed by atoms with Gasteiger partial charge in [-0.05, 0) is 38.3 Å². The third-order valence-corrected chi connectivity index (χ3v) is 4.69. The van der Waals surface area contributed by atoms with Crippen molar-refractivity contribution in [3.63, 3.8) is 0 Å². The molecule has 1 unspecified atom stereocenters. The van der Waals surface area contributed by atoms with Crippen molar-refractivity contribution in [3.05, 3.63) is 47.8 Å². The van der Waals surface area contributed by atoms with Crippen molar-refractivity contribution >= 4 is 11.7 Å². The molecule has 3 rings (SSSR count). The standard InChI is InChI=1S/C19H27N5O/c1-3-24-14-18(15(2)22-24)21-19(25)20-11-17-9-10-23(13-17)12-16-7-5-4-6-8-16/h4-8,14,17H,3,9-13H2,1-2H3,(H2,20,21,25). The summed E-state index contributed by atoms with van der Waals surface area (Å²) in [5, 5.41) is 10.2. The maximum absolute atomic E-state index is 12.1. The largest absolute Gasteiger partial charge is 0.338 e. The number of anilines is 1. The van der Waals surface area contributed by atoms with Crippen molar-refractivity contribution in [1.29, 1.82) is 0 Å². The Kier molecular flexibility index (Phi) is 5.71. The molecular weight excluding hydrogens is 314 g/mol. The molecule has 2 aromatic rings. The summed E-state index contributed by atoms with van der Waals surface area (Å²) in [5.74, 6) is 0.508. The van der Waals surface area contributed by atoms with Crippen LogP contribution < -0.4 is 10.6 Å². The molecule has 1 aliphatic heterocycles. The summed E-state index contributed by atoms with van der Waals surface area (Å²) in [4.78, 5) is 14.6. The van der Waals surface area contributed by atoms with Crippen LogP contribution in [-0.2, 0) is 13.1 Å². The number of nitrogens with zero attached hydrogens (tertiary/aromatic N) is 3. The van der Waals surface area contributed by atoms with Gasteiger partial charge in [0.2, 0.25) is 0 Å². The molecule has 1 aromatic heterocycles. The molecule has 0 bridgehead atoms. The maximum atomic E-state index is 12.1. The van der Waals surface area contributed by atoms with E-state index in [-0.39, 0.29) is 6.03 Å². The van der Waals surface area contributed by atoms with Crippen LogP contribution in [0.15, 0.2) is 36.5 Å². The number of nitrogens with one attached hydrogen (secondary N) is 2. The van der Waals surface area contributed by atoms with Crippen LogP contribution in [0.5, 0.6) is 0 Å². The van der Waals surface area contributed by atoms with Crippen molar-refractivity contribution < 1.29 is 4.79 Å². The monoisotopic (exact) mass is 341 g/mol. The molecule has 0 spiro atoms. The quantitative estimate of drug-likeness (QED) is 0.849. The van der Waals surface area contributed by atoms with Gasteiger partial charge < -0.3 is 10.6 Å². The van der Waals surface area contributed by atoms with E-state index in [9.17, 15) is 4.79 Å². The molecule has 1 saturated heterocycles. The Bertz CT molecular complexity index is 697. The molecule has 2 amide bonds. The van der Waals surface area contributed by atoms with Crippen LogP contribution in [0.25, 0.3) is 0 Å². The highest BCUT2D eigenvalue weighted by Crippen LogP contribution is 2.18. The summed E-state index contributed by atoms with van der Waals surface area (Å²) in [6.07, 6.45) is 2.99. The van der Waals surface area contributed by atoms with E-state index in [0.717, 1.165) is 44.0 Å². The Hall–Kier alpha value is -2.34. The smallest absolute Gasteiger partial charge is 0.319 e. The van der Waals surface area contributed by atoms with Gasteiger partial charge in [0.05, 0.1) is 11.4 Å². The van der Waals surface area contributed by atoms with E-state index < -0.39 is 0 Å². The Labute approximate surface area is 149 Å². The van der Waals surface area contributed by atoms with Gasteiger partial charge in [-0.1, -0.05) is 30.3 Å². The molecular formula is C19H27N5O. The second-order valence-electron chi connectivity index (χ2n) is 6.69. The third-order valence-electron chi connectivity index (χ3n) is 4.69. The van der Waals surface area contributed by atoms with Crippen molar-refractivity contribution in [2.45, 2.75) is 33.4 Å². The van der Waals surface area contributed by atoms with Crippen LogP contribution in [-0.4, -0.2) is 40.3 Å². The van der Waals surface area contributed by atoms with Gasteiger partial charge >= 0.3 is 6.03 Å². The topological polar surface area (TPSA) is 62.2 Å². The molecule has 1 atom stereocenters. The van der Waals surface area contributed by atoms with Crippen LogP contribution in [0.2, 0.25) is 0 Å². The lowest BCUT2D eigenvalue weighted by atomic mass is 10.1. The number of likely N-dealkylation sites (tertiary alicyclic amines) is 1. The minimum atomic E-state index is -0.153. The van der Waals surface area contributed by atoms with Crippen LogP contribution in [0.3, 0.4) is 0 Å². The molecule has 0 radical (unpaired) electrons. The number of carbonyl (C=O) groups is 1. The van der Waals surface area contributed by atoms with E-state index in [0.29, 0.717) is 12.5 Å².